The van der Waals surface area contributed by atoms with E-state index in [9.17, 15) is 0 Å². The molecule has 0 spiro atoms. The normalized spacial score (nSPS) is 13.0. The van der Waals surface area contributed by atoms with Crippen molar-refractivity contribution < 1.29 is 0 Å². The van der Waals surface area contributed by atoms with Gasteiger partial charge in [0.1, 0.15) is 0 Å². The van der Waals surface area contributed by atoms with E-state index in [4.69, 9.17) is 0 Å². The second-order valence-corrected chi connectivity index (χ2v) is 4.48. The van der Waals surface area contributed by atoms with E-state index in [-0.39, 0.29) is 0 Å². The molecule has 0 saturated heterocycles. The van der Waals surface area contributed by atoms with E-state index in [1.807, 2.05) is 0 Å². The van der Waals surface area contributed by atoms with Crippen molar-refractivity contribution in [1.82, 2.24) is 0 Å². The largest absolute Gasteiger partial charge is 0.142 e. The third kappa shape index (κ3) is 1.89. The molecule has 2 aromatic rings. The van der Waals surface area contributed by atoms with Crippen molar-refractivity contribution in [3.63, 3.8) is 0 Å². The molecule has 0 nitrogen and oxygen atoms in total. The lowest BCUT2D eigenvalue weighted by atomic mass is 9.96. The Morgan fingerprint density at radius 1 is 1.13 bits per heavy atom. The fourth-order valence-electron chi connectivity index (χ4n) is 1.89. The first-order valence-electron chi connectivity index (χ1n) is 5.44. The molecule has 0 aliphatic carbocycles. The average molecular weight is 216 g/mol. The molecule has 0 aliphatic rings. The lowest BCUT2D eigenvalue weighted by Gasteiger charge is -2.13. The summed E-state index contributed by atoms with van der Waals surface area (Å²) in [5.41, 5.74) is 1.36. The van der Waals surface area contributed by atoms with Crippen molar-refractivity contribution in [2.24, 2.45) is 0 Å². The topological polar surface area (TPSA) is 0 Å². The summed E-state index contributed by atoms with van der Waals surface area (Å²) in [4.78, 5) is 1.14. The first-order valence-corrected chi connectivity index (χ1v) is 5.89. The highest BCUT2D eigenvalue weighted by molar-refractivity contribution is 7.80. The van der Waals surface area contributed by atoms with Crippen LogP contribution in [0.25, 0.3) is 10.8 Å². The van der Waals surface area contributed by atoms with E-state index >= 15 is 0 Å². The van der Waals surface area contributed by atoms with Crippen LogP contribution < -0.4 is 0 Å². The van der Waals surface area contributed by atoms with Crippen LogP contribution in [0.3, 0.4) is 0 Å². The number of hydrogen-bond acceptors (Lipinski definition) is 1. The van der Waals surface area contributed by atoms with Crippen molar-refractivity contribution in [2.75, 3.05) is 0 Å². The van der Waals surface area contributed by atoms with Crippen LogP contribution in [-0.4, -0.2) is 0 Å². The highest BCUT2D eigenvalue weighted by atomic mass is 32.1. The molecule has 1 heteroatoms. The van der Waals surface area contributed by atoms with Crippen LogP contribution in [-0.2, 0) is 0 Å². The Morgan fingerprint density at radius 2 is 1.87 bits per heavy atom. The molecular formula is C14H16S. The third-order valence-electron chi connectivity index (χ3n) is 3.08. The molecule has 0 heterocycles. The van der Waals surface area contributed by atoms with Gasteiger partial charge in [0.15, 0.2) is 0 Å². The van der Waals surface area contributed by atoms with Gasteiger partial charge in [-0.1, -0.05) is 50.2 Å². The third-order valence-corrected chi connectivity index (χ3v) is 3.57. The first kappa shape index (κ1) is 10.6. The van der Waals surface area contributed by atoms with E-state index in [0.717, 1.165) is 11.3 Å². The highest BCUT2D eigenvalue weighted by Gasteiger charge is 2.08. The number of fused-ring (bicyclic) bond motifs is 1. The van der Waals surface area contributed by atoms with Crippen LogP contribution >= 0.6 is 12.6 Å². The lowest BCUT2D eigenvalue weighted by Crippen LogP contribution is -1.93. The molecule has 0 amide bonds. The van der Waals surface area contributed by atoms with Gasteiger partial charge in [-0.15, -0.1) is 12.6 Å². The summed E-state index contributed by atoms with van der Waals surface area (Å²) in [6.45, 7) is 4.47. The molecule has 15 heavy (non-hydrogen) atoms. The zero-order valence-corrected chi connectivity index (χ0v) is 10.1. The van der Waals surface area contributed by atoms with Gasteiger partial charge in [-0.25, -0.2) is 0 Å². The molecule has 2 aromatic carbocycles. The summed E-state index contributed by atoms with van der Waals surface area (Å²) < 4.78 is 0. The molecule has 0 fully saturated rings. The van der Waals surface area contributed by atoms with Crippen molar-refractivity contribution in [2.45, 2.75) is 31.1 Å². The van der Waals surface area contributed by atoms with Gasteiger partial charge in [-0.2, -0.15) is 0 Å². The second-order valence-electron chi connectivity index (χ2n) is 4.03. The quantitative estimate of drug-likeness (QED) is 0.694. The smallest absolute Gasteiger partial charge is 0.0153 e. The van der Waals surface area contributed by atoms with Crippen LogP contribution in [0.2, 0.25) is 0 Å². The Hall–Kier alpha value is -0.950. The van der Waals surface area contributed by atoms with Crippen molar-refractivity contribution in [1.29, 1.82) is 0 Å². The Balaban J connectivity index is 2.65. The van der Waals surface area contributed by atoms with Gasteiger partial charge in [0.2, 0.25) is 0 Å². The summed E-state index contributed by atoms with van der Waals surface area (Å²) in [7, 11) is 0. The second kappa shape index (κ2) is 4.28. The fourth-order valence-corrected chi connectivity index (χ4v) is 2.39. The summed E-state index contributed by atoms with van der Waals surface area (Å²) in [6, 6.07) is 12.8. The predicted octanol–water partition coefficient (Wildman–Crippen LogP) is 4.64. The van der Waals surface area contributed by atoms with Gasteiger partial charge >= 0.3 is 0 Å². The minimum Gasteiger partial charge on any atom is -0.142 e. The Bertz CT molecular complexity index is 474. The van der Waals surface area contributed by atoms with E-state index in [1.54, 1.807) is 0 Å². The van der Waals surface area contributed by atoms with Gasteiger partial charge in [0.05, 0.1) is 0 Å². The minimum atomic E-state index is 0.585. The van der Waals surface area contributed by atoms with Gasteiger partial charge in [-0.05, 0) is 28.7 Å². The molecule has 0 N–H and O–H groups in total. The van der Waals surface area contributed by atoms with Crippen LogP contribution in [0, 0.1) is 0 Å². The molecule has 2 rings (SSSR count). The summed E-state index contributed by atoms with van der Waals surface area (Å²) in [6.07, 6.45) is 1.16. The molecule has 78 valence electrons. The van der Waals surface area contributed by atoms with Crippen LogP contribution in [0.4, 0.5) is 0 Å². The van der Waals surface area contributed by atoms with Crippen LogP contribution in [0.5, 0.6) is 0 Å². The van der Waals surface area contributed by atoms with E-state index in [0.29, 0.717) is 5.92 Å². The number of rotatable bonds is 2. The van der Waals surface area contributed by atoms with Gasteiger partial charge in [0.25, 0.3) is 0 Å². The van der Waals surface area contributed by atoms with Crippen molar-refractivity contribution in [3.8, 4) is 0 Å². The minimum absolute atomic E-state index is 0.585. The average Bonchev–Trinajstić information content (AvgIpc) is 2.29. The molecule has 1 atom stereocenters. The van der Waals surface area contributed by atoms with Gasteiger partial charge in [-0.3, -0.25) is 0 Å². The summed E-state index contributed by atoms with van der Waals surface area (Å²) in [5.74, 6) is 0.585. The molecule has 0 saturated carbocycles. The standard InChI is InChI=1S/C14H16S/c1-3-10(2)12-9-8-11-6-4-5-7-13(11)14(12)15/h4-10,15H,3H2,1-2H3. The maximum atomic E-state index is 4.66. The zero-order chi connectivity index (χ0) is 10.8. The van der Waals surface area contributed by atoms with Crippen molar-refractivity contribution >= 4 is 23.4 Å². The van der Waals surface area contributed by atoms with E-state index in [1.165, 1.54) is 16.3 Å². The number of benzene rings is 2. The van der Waals surface area contributed by atoms with Crippen molar-refractivity contribution in [3.05, 3.63) is 42.0 Å². The summed E-state index contributed by atoms with van der Waals surface area (Å²) in [5, 5.41) is 2.54. The molecule has 1 unspecified atom stereocenters. The number of hydrogen-bond donors (Lipinski definition) is 1. The number of thiol groups is 1. The molecule has 0 aliphatic heterocycles. The van der Waals surface area contributed by atoms with Gasteiger partial charge in [0, 0.05) is 4.90 Å². The maximum Gasteiger partial charge on any atom is 0.0153 e. The predicted molar refractivity (Wildman–Crippen MR) is 69.9 cm³/mol. The van der Waals surface area contributed by atoms with Crippen LogP contribution in [0.1, 0.15) is 31.7 Å². The monoisotopic (exact) mass is 216 g/mol. The Morgan fingerprint density at radius 3 is 2.60 bits per heavy atom. The maximum absolute atomic E-state index is 4.66. The lowest BCUT2D eigenvalue weighted by molar-refractivity contribution is 0.722. The van der Waals surface area contributed by atoms with Gasteiger partial charge < -0.3 is 0 Å². The molecule has 0 aromatic heterocycles. The SMILES string of the molecule is CCC(C)c1ccc2ccccc2c1S. The zero-order valence-electron chi connectivity index (χ0n) is 9.20. The molecule has 0 radical (unpaired) electrons. The van der Waals surface area contributed by atoms with E-state index < -0.39 is 0 Å². The first-order chi connectivity index (χ1) is 7.24. The molecule has 0 bridgehead atoms. The summed E-state index contributed by atoms with van der Waals surface area (Å²) >= 11 is 4.66. The fraction of sp³-hybridized carbons (Fsp3) is 0.286. The Kier molecular flexibility index (Phi) is 3.01. The molecular weight excluding hydrogens is 200 g/mol. The van der Waals surface area contributed by atoms with E-state index in [2.05, 4.69) is 62.9 Å². The Labute approximate surface area is 96.7 Å². The van der Waals surface area contributed by atoms with Crippen LogP contribution in [0.15, 0.2) is 41.3 Å². The highest BCUT2D eigenvalue weighted by Crippen LogP contribution is 2.31.